The maximum atomic E-state index is 12.0. The van der Waals surface area contributed by atoms with Crippen molar-refractivity contribution in [1.29, 1.82) is 0 Å². The minimum atomic E-state index is -0.144. The molecular weight excluding hydrogens is 296 g/mol. The molecule has 1 aliphatic heterocycles. The number of rotatable bonds is 4. The molecule has 1 aromatic heterocycles. The maximum Gasteiger partial charge on any atom is 0.283 e. The third kappa shape index (κ3) is 2.64. The quantitative estimate of drug-likeness (QED) is 0.824. The number of anilines is 1. The van der Waals surface area contributed by atoms with Crippen LogP contribution < -0.4 is 16.2 Å². The summed E-state index contributed by atoms with van der Waals surface area (Å²) in [6, 6.07) is 0. The van der Waals surface area contributed by atoms with E-state index in [9.17, 15) is 4.79 Å². The SMILES string of the molecule is C=CCn1ncc(NC2(C)CCNC2)c(Br)c1=O. The summed E-state index contributed by atoms with van der Waals surface area (Å²) in [6.45, 7) is 8.02. The fraction of sp³-hybridized carbons (Fsp3) is 0.500. The van der Waals surface area contributed by atoms with E-state index in [4.69, 9.17) is 0 Å². The van der Waals surface area contributed by atoms with E-state index in [0.29, 0.717) is 11.0 Å². The molecule has 18 heavy (non-hydrogen) atoms. The molecule has 0 spiro atoms. The Labute approximate surface area is 114 Å². The van der Waals surface area contributed by atoms with E-state index in [2.05, 4.69) is 45.2 Å². The second-order valence-corrected chi connectivity index (χ2v) is 5.55. The highest BCUT2D eigenvalue weighted by atomic mass is 79.9. The van der Waals surface area contributed by atoms with Gasteiger partial charge in [0.05, 0.1) is 18.4 Å². The first-order valence-corrected chi connectivity index (χ1v) is 6.70. The maximum absolute atomic E-state index is 12.0. The van der Waals surface area contributed by atoms with Gasteiger partial charge in [0.15, 0.2) is 0 Å². The normalized spacial score (nSPS) is 23.0. The zero-order valence-electron chi connectivity index (χ0n) is 10.4. The Balaban J connectivity index is 2.27. The average molecular weight is 313 g/mol. The van der Waals surface area contributed by atoms with E-state index >= 15 is 0 Å². The van der Waals surface area contributed by atoms with Crippen LogP contribution in [0.25, 0.3) is 0 Å². The Morgan fingerprint density at radius 3 is 3.17 bits per heavy atom. The van der Waals surface area contributed by atoms with Gasteiger partial charge in [-0.2, -0.15) is 5.10 Å². The molecule has 2 rings (SSSR count). The van der Waals surface area contributed by atoms with Crippen LogP contribution in [0.4, 0.5) is 5.69 Å². The molecule has 0 saturated carbocycles. The second kappa shape index (κ2) is 5.24. The van der Waals surface area contributed by atoms with Crippen molar-refractivity contribution in [3.8, 4) is 0 Å². The molecule has 5 nitrogen and oxygen atoms in total. The van der Waals surface area contributed by atoms with Crippen LogP contribution >= 0.6 is 15.9 Å². The van der Waals surface area contributed by atoms with Crippen LogP contribution in [0.1, 0.15) is 13.3 Å². The number of hydrogen-bond acceptors (Lipinski definition) is 4. The lowest BCUT2D eigenvalue weighted by atomic mass is 10.0. The minimum Gasteiger partial charge on any atom is -0.376 e. The van der Waals surface area contributed by atoms with Gasteiger partial charge < -0.3 is 10.6 Å². The van der Waals surface area contributed by atoms with E-state index in [1.54, 1.807) is 12.3 Å². The van der Waals surface area contributed by atoms with Crippen LogP contribution in [0.15, 0.2) is 28.1 Å². The average Bonchev–Trinajstić information content (AvgIpc) is 2.76. The van der Waals surface area contributed by atoms with Crippen LogP contribution in [-0.2, 0) is 6.54 Å². The molecular formula is C12H17BrN4O. The Bertz CT molecular complexity index is 505. The Morgan fingerprint density at radius 2 is 2.56 bits per heavy atom. The molecule has 1 unspecified atom stereocenters. The lowest BCUT2D eigenvalue weighted by Crippen LogP contribution is -2.38. The van der Waals surface area contributed by atoms with Crippen molar-refractivity contribution < 1.29 is 0 Å². The monoisotopic (exact) mass is 312 g/mol. The summed E-state index contributed by atoms with van der Waals surface area (Å²) in [5, 5.41) is 10.8. The molecule has 2 N–H and O–H groups in total. The first-order chi connectivity index (χ1) is 8.56. The van der Waals surface area contributed by atoms with Gasteiger partial charge in [-0.3, -0.25) is 4.79 Å². The lowest BCUT2D eigenvalue weighted by Gasteiger charge is -2.26. The summed E-state index contributed by atoms with van der Waals surface area (Å²) in [7, 11) is 0. The van der Waals surface area contributed by atoms with Crippen LogP contribution in [0.2, 0.25) is 0 Å². The molecule has 1 saturated heterocycles. The highest BCUT2D eigenvalue weighted by Crippen LogP contribution is 2.24. The van der Waals surface area contributed by atoms with E-state index in [1.165, 1.54) is 4.68 Å². The van der Waals surface area contributed by atoms with Gasteiger partial charge in [-0.05, 0) is 35.8 Å². The molecule has 1 fully saturated rings. The predicted molar refractivity (Wildman–Crippen MR) is 75.9 cm³/mol. The fourth-order valence-corrected chi connectivity index (χ4v) is 2.46. The van der Waals surface area contributed by atoms with Gasteiger partial charge in [0.1, 0.15) is 4.47 Å². The van der Waals surface area contributed by atoms with Crippen molar-refractivity contribution in [2.45, 2.75) is 25.4 Å². The van der Waals surface area contributed by atoms with Gasteiger partial charge in [0, 0.05) is 12.1 Å². The molecule has 6 heteroatoms. The van der Waals surface area contributed by atoms with Crippen molar-refractivity contribution >= 4 is 21.6 Å². The number of nitrogens with one attached hydrogen (secondary N) is 2. The Kier molecular flexibility index (Phi) is 3.87. The Morgan fingerprint density at radius 1 is 1.78 bits per heavy atom. The van der Waals surface area contributed by atoms with Gasteiger partial charge in [-0.1, -0.05) is 6.08 Å². The molecule has 0 aliphatic carbocycles. The van der Waals surface area contributed by atoms with Crippen molar-refractivity contribution in [3.05, 3.63) is 33.7 Å². The molecule has 98 valence electrons. The highest BCUT2D eigenvalue weighted by molar-refractivity contribution is 9.10. The molecule has 0 aromatic carbocycles. The molecule has 0 amide bonds. The van der Waals surface area contributed by atoms with E-state index in [-0.39, 0.29) is 11.1 Å². The van der Waals surface area contributed by atoms with Gasteiger partial charge in [0.2, 0.25) is 0 Å². The molecule has 0 bridgehead atoms. The van der Waals surface area contributed by atoms with Crippen molar-refractivity contribution in [3.63, 3.8) is 0 Å². The number of aromatic nitrogens is 2. The smallest absolute Gasteiger partial charge is 0.283 e. The number of allylic oxidation sites excluding steroid dienone is 1. The van der Waals surface area contributed by atoms with Crippen molar-refractivity contribution in [2.75, 3.05) is 18.4 Å². The summed E-state index contributed by atoms with van der Waals surface area (Å²) in [4.78, 5) is 12.0. The van der Waals surface area contributed by atoms with Crippen molar-refractivity contribution in [2.24, 2.45) is 0 Å². The topological polar surface area (TPSA) is 59.0 Å². The van der Waals surface area contributed by atoms with Crippen LogP contribution in [0.5, 0.6) is 0 Å². The van der Waals surface area contributed by atoms with Crippen molar-refractivity contribution in [1.82, 2.24) is 15.1 Å². The lowest BCUT2D eigenvalue weighted by molar-refractivity contribution is 0.563. The van der Waals surface area contributed by atoms with E-state index in [1.807, 2.05) is 0 Å². The van der Waals surface area contributed by atoms with E-state index in [0.717, 1.165) is 25.2 Å². The third-order valence-electron chi connectivity index (χ3n) is 3.09. The van der Waals surface area contributed by atoms with Crippen LogP contribution in [-0.4, -0.2) is 28.4 Å². The van der Waals surface area contributed by atoms with Gasteiger partial charge >= 0.3 is 0 Å². The molecule has 0 radical (unpaired) electrons. The predicted octanol–water partition coefficient (Wildman–Crippen LogP) is 1.36. The van der Waals surface area contributed by atoms with Gasteiger partial charge in [-0.15, -0.1) is 6.58 Å². The Hall–Kier alpha value is -1.14. The molecule has 2 heterocycles. The summed E-state index contributed by atoms with van der Waals surface area (Å²) in [6.07, 6.45) is 4.35. The minimum absolute atomic E-state index is 0.0265. The third-order valence-corrected chi connectivity index (χ3v) is 3.86. The first-order valence-electron chi connectivity index (χ1n) is 5.91. The molecule has 1 atom stereocenters. The largest absolute Gasteiger partial charge is 0.376 e. The zero-order valence-corrected chi connectivity index (χ0v) is 12.0. The summed E-state index contributed by atoms with van der Waals surface area (Å²) in [5.41, 5.74) is 0.572. The number of halogens is 1. The molecule has 1 aliphatic rings. The summed E-state index contributed by atoms with van der Waals surface area (Å²) >= 11 is 3.34. The van der Waals surface area contributed by atoms with E-state index < -0.39 is 0 Å². The van der Waals surface area contributed by atoms with Crippen LogP contribution in [0.3, 0.4) is 0 Å². The summed E-state index contributed by atoms with van der Waals surface area (Å²) in [5.74, 6) is 0. The first kappa shape index (κ1) is 13.3. The highest BCUT2D eigenvalue weighted by Gasteiger charge is 2.29. The van der Waals surface area contributed by atoms with Gasteiger partial charge in [-0.25, -0.2) is 4.68 Å². The molecule has 1 aromatic rings. The second-order valence-electron chi connectivity index (χ2n) is 4.76. The summed E-state index contributed by atoms with van der Waals surface area (Å²) < 4.78 is 1.89. The number of nitrogens with zero attached hydrogens (tertiary/aromatic N) is 2. The van der Waals surface area contributed by atoms with Crippen LogP contribution in [0, 0.1) is 0 Å². The number of hydrogen-bond donors (Lipinski definition) is 2. The van der Waals surface area contributed by atoms with Gasteiger partial charge in [0.25, 0.3) is 5.56 Å². The zero-order chi connectivity index (χ0) is 13.2. The fourth-order valence-electron chi connectivity index (χ4n) is 2.05. The standard InChI is InChI=1S/C12H17BrN4O/c1-3-6-17-11(18)10(13)9(7-15-17)16-12(2)4-5-14-8-12/h3,7,14,16H,1,4-6,8H2,2H3.